The van der Waals surface area contributed by atoms with Gasteiger partial charge in [-0.2, -0.15) is 0 Å². The molecule has 3 nitrogen and oxygen atoms in total. The SMILES string of the molecule is c1ccc(-c2ccc(-n3c4ccccc4c4cnc5sc6ccccc6c5c43)cc2)nc1. The Labute approximate surface area is 188 Å². The molecule has 0 aliphatic carbocycles. The topological polar surface area (TPSA) is 30.7 Å². The minimum absolute atomic E-state index is 0.983. The van der Waals surface area contributed by atoms with Crippen LogP contribution in [-0.4, -0.2) is 14.5 Å². The Morgan fingerprint density at radius 1 is 0.656 bits per heavy atom. The highest BCUT2D eigenvalue weighted by molar-refractivity contribution is 7.25. The molecule has 0 aliphatic heterocycles. The van der Waals surface area contributed by atoms with Crippen molar-refractivity contribution in [3.8, 4) is 16.9 Å². The third-order valence-electron chi connectivity index (χ3n) is 6.12. The average molecular weight is 428 g/mol. The third kappa shape index (κ3) is 2.47. The first kappa shape index (κ1) is 17.6. The van der Waals surface area contributed by atoms with Gasteiger partial charge in [0.1, 0.15) is 4.83 Å². The Kier molecular flexibility index (Phi) is 3.72. The summed E-state index contributed by atoms with van der Waals surface area (Å²) < 4.78 is 3.65. The highest BCUT2D eigenvalue weighted by Crippen LogP contribution is 2.41. The number of benzene rings is 3. The summed E-state index contributed by atoms with van der Waals surface area (Å²) in [5.74, 6) is 0. The Morgan fingerprint density at radius 3 is 2.28 bits per heavy atom. The van der Waals surface area contributed by atoms with E-state index >= 15 is 0 Å². The van der Waals surface area contributed by atoms with Crippen LogP contribution in [0, 0.1) is 0 Å². The molecule has 32 heavy (non-hydrogen) atoms. The van der Waals surface area contributed by atoms with Crippen LogP contribution in [0.4, 0.5) is 0 Å². The predicted octanol–water partition coefficient (Wildman–Crippen LogP) is 7.61. The van der Waals surface area contributed by atoms with Gasteiger partial charge in [0.2, 0.25) is 0 Å². The van der Waals surface area contributed by atoms with Crippen molar-refractivity contribution in [2.45, 2.75) is 0 Å². The van der Waals surface area contributed by atoms with E-state index in [1.165, 1.54) is 37.3 Å². The summed E-state index contributed by atoms with van der Waals surface area (Å²) in [6, 6.07) is 31.9. The summed E-state index contributed by atoms with van der Waals surface area (Å²) in [6.07, 6.45) is 3.87. The predicted molar refractivity (Wildman–Crippen MR) is 135 cm³/mol. The van der Waals surface area contributed by atoms with Gasteiger partial charge in [-0.05, 0) is 36.4 Å². The second-order valence-electron chi connectivity index (χ2n) is 7.91. The Hall–Kier alpha value is -4.02. The summed E-state index contributed by atoms with van der Waals surface area (Å²) in [7, 11) is 0. The van der Waals surface area contributed by atoms with Crippen LogP contribution >= 0.6 is 11.3 Å². The lowest BCUT2D eigenvalue weighted by atomic mass is 10.1. The first-order chi connectivity index (χ1) is 15.9. The molecule has 0 fully saturated rings. The van der Waals surface area contributed by atoms with Crippen LogP contribution in [0.25, 0.3) is 59.1 Å². The van der Waals surface area contributed by atoms with Gasteiger partial charge >= 0.3 is 0 Å². The molecule has 3 aromatic carbocycles. The number of rotatable bonds is 2. The van der Waals surface area contributed by atoms with Crippen molar-refractivity contribution in [3.63, 3.8) is 0 Å². The normalized spacial score (nSPS) is 11.8. The molecule has 0 spiro atoms. The van der Waals surface area contributed by atoms with Gasteiger partial charge in [-0.25, -0.2) is 4.98 Å². The van der Waals surface area contributed by atoms with Crippen molar-refractivity contribution >= 4 is 53.4 Å². The van der Waals surface area contributed by atoms with Crippen LogP contribution in [0.5, 0.6) is 0 Å². The van der Waals surface area contributed by atoms with Crippen LogP contribution in [0.1, 0.15) is 0 Å². The van der Waals surface area contributed by atoms with E-state index in [0.29, 0.717) is 0 Å². The van der Waals surface area contributed by atoms with E-state index in [-0.39, 0.29) is 0 Å². The van der Waals surface area contributed by atoms with Crippen molar-refractivity contribution in [2.75, 3.05) is 0 Å². The summed E-state index contributed by atoms with van der Waals surface area (Å²) in [6.45, 7) is 0. The van der Waals surface area contributed by atoms with E-state index < -0.39 is 0 Å². The van der Waals surface area contributed by atoms with Gasteiger partial charge in [0, 0.05) is 49.9 Å². The molecule has 7 aromatic rings. The number of para-hydroxylation sites is 1. The molecule has 0 radical (unpaired) electrons. The molecule has 4 aromatic heterocycles. The largest absolute Gasteiger partial charge is 0.308 e. The fourth-order valence-electron chi connectivity index (χ4n) is 4.70. The van der Waals surface area contributed by atoms with Gasteiger partial charge in [-0.1, -0.05) is 54.6 Å². The average Bonchev–Trinajstić information content (AvgIpc) is 3.40. The van der Waals surface area contributed by atoms with Gasteiger partial charge in [0.25, 0.3) is 0 Å². The molecule has 0 bridgehead atoms. The van der Waals surface area contributed by atoms with Gasteiger partial charge in [0.05, 0.1) is 16.7 Å². The number of hydrogen-bond donors (Lipinski definition) is 0. The lowest BCUT2D eigenvalue weighted by Gasteiger charge is -2.10. The molecule has 0 saturated carbocycles. The van der Waals surface area contributed by atoms with Crippen LogP contribution in [0.3, 0.4) is 0 Å². The van der Waals surface area contributed by atoms with E-state index in [2.05, 4.69) is 82.3 Å². The van der Waals surface area contributed by atoms with Crippen molar-refractivity contribution in [1.82, 2.24) is 14.5 Å². The smallest absolute Gasteiger partial charge is 0.126 e. The molecule has 0 amide bonds. The molecule has 4 heterocycles. The van der Waals surface area contributed by atoms with Gasteiger partial charge in [-0.3, -0.25) is 4.98 Å². The fourth-order valence-corrected chi connectivity index (χ4v) is 5.75. The number of fused-ring (bicyclic) bond motifs is 7. The zero-order valence-electron chi connectivity index (χ0n) is 17.1. The van der Waals surface area contributed by atoms with E-state index in [1.54, 1.807) is 11.3 Å². The molecule has 0 atom stereocenters. The second-order valence-corrected chi connectivity index (χ2v) is 8.94. The molecular formula is C28H17N3S. The van der Waals surface area contributed by atoms with Gasteiger partial charge in [-0.15, -0.1) is 11.3 Å². The minimum atomic E-state index is 0.983. The standard InChI is InChI=1S/C28H17N3S/c1-3-10-24-20(7-1)22-17-30-28-26(21-8-2-4-11-25(21)32-28)27(22)31(24)19-14-12-18(13-15-19)23-9-5-6-16-29-23/h1-17H. The highest BCUT2D eigenvalue weighted by atomic mass is 32.1. The highest BCUT2D eigenvalue weighted by Gasteiger charge is 2.18. The Balaban J connectivity index is 1.59. The molecule has 4 heteroatoms. The first-order valence-electron chi connectivity index (χ1n) is 10.6. The quantitative estimate of drug-likeness (QED) is 0.284. The van der Waals surface area contributed by atoms with Crippen LogP contribution in [-0.2, 0) is 0 Å². The number of hydrogen-bond acceptors (Lipinski definition) is 3. The maximum atomic E-state index is 4.85. The Morgan fingerprint density at radius 2 is 1.44 bits per heavy atom. The van der Waals surface area contributed by atoms with Gasteiger partial charge in [0.15, 0.2) is 0 Å². The van der Waals surface area contributed by atoms with Crippen LogP contribution in [0.2, 0.25) is 0 Å². The molecule has 0 aliphatic rings. The van der Waals surface area contributed by atoms with Crippen molar-refractivity contribution in [1.29, 1.82) is 0 Å². The summed E-state index contributed by atoms with van der Waals surface area (Å²) in [4.78, 5) is 10.4. The lowest BCUT2D eigenvalue weighted by molar-refractivity contribution is 1.18. The first-order valence-corrected chi connectivity index (χ1v) is 11.4. The Bertz CT molecular complexity index is 1760. The van der Waals surface area contributed by atoms with E-state index in [0.717, 1.165) is 21.8 Å². The van der Waals surface area contributed by atoms with Crippen LogP contribution in [0.15, 0.2) is 103 Å². The van der Waals surface area contributed by atoms with Crippen molar-refractivity contribution in [3.05, 3.63) is 103 Å². The third-order valence-corrected chi connectivity index (χ3v) is 7.20. The number of aromatic nitrogens is 3. The van der Waals surface area contributed by atoms with Gasteiger partial charge < -0.3 is 4.57 Å². The monoisotopic (exact) mass is 427 g/mol. The maximum absolute atomic E-state index is 4.85. The molecule has 0 unspecified atom stereocenters. The van der Waals surface area contributed by atoms with Crippen LogP contribution < -0.4 is 0 Å². The molecular weight excluding hydrogens is 410 g/mol. The zero-order chi connectivity index (χ0) is 21.1. The van der Waals surface area contributed by atoms with E-state index in [4.69, 9.17) is 4.98 Å². The zero-order valence-corrected chi connectivity index (χ0v) is 17.9. The maximum Gasteiger partial charge on any atom is 0.126 e. The summed E-state index contributed by atoms with van der Waals surface area (Å²) in [5, 5.41) is 4.90. The number of pyridine rings is 2. The lowest BCUT2D eigenvalue weighted by Crippen LogP contribution is -1.94. The molecule has 0 saturated heterocycles. The number of nitrogens with zero attached hydrogens (tertiary/aromatic N) is 3. The van der Waals surface area contributed by atoms with Crippen molar-refractivity contribution < 1.29 is 0 Å². The number of thiophene rings is 1. The molecule has 150 valence electrons. The van der Waals surface area contributed by atoms with E-state index in [1.807, 2.05) is 30.6 Å². The molecule has 7 rings (SSSR count). The van der Waals surface area contributed by atoms with E-state index in [9.17, 15) is 0 Å². The second kappa shape index (κ2) is 6.74. The minimum Gasteiger partial charge on any atom is -0.308 e. The summed E-state index contributed by atoms with van der Waals surface area (Å²) >= 11 is 1.76. The van der Waals surface area contributed by atoms with Crippen molar-refractivity contribution in [2.24, 2.45) is 0 Å². The fraction of sp³-hybridized carbons (Fsp3) is 0. The summed E-state index contributed by atoms with van der Waals surface area (Å²) in [5.41, 5.74) is 5.65. The molecule has 0 N–H and O–H groups in total.